The number of halogens is 2. The largest absolute Gasteiger partial charge is 0.382 e. The Labute approximate surface area is 115 Å². The number of pyridine rings is 1. The molecule has 0 unspecified atom stereocenters. The van der Waals surface area contributed by atoms with Gasteiger partial charge in [0.05, 0.1) is 0 Å². The number of rotatable bonds is 2. The first-order valence-electron chi connectivity index (χ1n) is 6.69. The third kappa shape index (κ3) is 2.37. The second kappa shape index (κ2) is 4.85. The van der Waals surface area contributed by atoms with Crippen molar-refractivity contribution in [3.8, 4) is 11.1 Å². The first-order chi connectivity index (χ1) is 9.57. The van der Waals surface area contributed by atoms with E-state index >= 15 is 0 Å². The Bertz CT molecular complexity index is 584. The van der Waals surface area contributed by atoms with Gasteiger partial charge < -0.3 is 5.73 Å². The molecule has 0 radical (unpaired) electrons. The van der Waals surface area contributed by atoms with Gasteiger partial charge in [-0.05, 0) is 18.9 Å². The first kappa shape index (κ1) is 13.0. The quantitative estimate of drug-likeness (QED) is 0.885. The maximum Gasteiger partial charge on any atom is 0.248 e. The number of hydrogen-bond acceptors (Lipinski definition) is 3. The molecule has 6 heteroatoms. The summed E-state index contributed by atoms with van der Waals surface area (Å²) < 4.78 is 26.5. The minimum absolute atomic E-state index is 0.0506. The van der Waals surface area contributed by atoms with Crippen LogP contribution in [0.4, 0.5) is 14.6 Å². The molecule has 0 saturated heterocycles. The maximum atomic E-state index is 13.3. The zero-order chi connectivity index (χ0) is 14.2. The van der Waals surface area contributed by atoms with Crippen LogP contribution in [0.15, 0.2) is 24.5 Å². The second-order valence-electron chi connectivity index (χ2n) is 5.27. The van der Waals surface area contributed by atoms with E-state index in [4.69, 9.17) is 5.73 Å². The number of nitrogens with zero attached hydrogens (tertiary/aromatic N) is 2. The van der Waals surface area contributed by atoms with Crippen molar-refractivity contribution in [3.05, 3.63) is 30.2 Å². The molecule has 0 spiro atoms. The van der Waals surface area contributed by atoms with E-state index in [2.05, 4.69) is 15.2 Å². The van der Waals surface area contributed by atoms with Gasteiger partial charge in [-0.15, -0.1) is 0 Å². The summed E-state index contributed by atoms with van der Waals surface area (Å²) >= 11 is 0. The van der Waals surface area contributed by atoms with Crippen LogP contribution < -0.4 is 5.73 Å². The summed E-state index contributed by atoms with van der Waals surface area (Å²) in [6.45, 7) is 0. The van der Waals surface area contributed by atoms with E-state index in [1.54, 1.807) is 12.4 Å². The van der Waals surface area contributed by atoms with Crippen molar-refractivity contribution < 1.29 is 8.78 Å². The van der Waals surface area contributed by atoms with Gasteiger partial charge in [-0.1, -0.05) is 6.07 Å². The summed E-state index contributed by atoms with van der Waals surface area (Å²) in [7, 11) is 0. The van der Waals surface area contributed by atoms with E-state index in [9.17, 15) is 8.78 Å². The van der Waals surface area contributed by atoms with E-state index in [0.29, 0.717) is 18.7 Å². The summed E-state index contributed by atoms with van der Waals surface area (Å²) in [5, 5.41) is 6.96. The molecule has 3 rings (SSSR count). The zero-order valence-electron chi connectivity index (χ0n) is 10.9. The van der Waals surface area contributed by atoms with Crippen molar-refractivity contribution in [2.45, 2.75) is 37.5 Å². The van der Waals surface area contributed by atoms with E-state index in [1.807, 2.05) is 12.1 Å². The summed E-state index contributed by atoms with van der Waals surface area (Å²) in [5.74, 6) is -2.09. The fourth-order valence-electron chi connectivity index (χ4n) is 2.81. The minimum Gasteiger partial charge on any atom is -0.382 e. The number of nitrogens with two attached hydrogens (primary N) is 1. The summed E-state index contributed by atoms with van der Waals surface area (Å²) in [6, 6.07) is 3.72. The van der Waals surface area contributed by atoms with Crippen molar-refractivity contribution in [2.24, 2.45) is 0 Å². The molecule has 1 aliphatic rings. The number of aromatic amines is 1. The number of H-pyrrole nitrogens is 1. The van der Waals surface area contributed by atoms with Crippen molar-refractivity contribution in [2.75, 3.05) is 5.73 Å². The van der Waals surface area contributed by atoms with Gasteiger partial charge in [0.15, 0.2) is 5.82 Å². The highest BCUT2D eigenvalue weighted by Gasteiger charge is 2.37. The lowest BCUT2D eigenvalue weighted by atomic mass is 9.83. The van der Waals surface area contributed by atoms with Gasteiger partial charge in [-0.3, -0.25) is 10.1 Å². The molecule has 3 N–H and O–H groups in total. The van der Waals surface area contributed by atoms with Crippen LogP contribution in [0.5, 0.6) is 0 Å². The smallest absolute Gasteiger partial charge is 0.248 e. The summed E-state index contributed by atoms with van der Waals surface area (Å²) in [4.78, 5) is 4.07. The Balaban J connectivity index is 1.92. The number of aromatic nitrogens is 3. The van der Waals surface area contributed by atoms with Crippen LogP contribution in [0, 0.1) is 0 Å². The lowest BCUT2D eigenvalue weighted by Gasteiger charge is -2.28. The molecule has 20 heavy (non-hydrogen) atoms. The minimum atomic E-state index is -2.53. The Morgan fingerprint density at radius 1 is 1.30 bits per heavy atom. The topological polar surface area (TPSA) is 67.6 Å². The highest BCUT2D eigenvalue weighted by molar-refractivity contribution is 5.76. The molecule has 0 amide bonds. The van der Waals surface area contributed by atoms with Crippen LogP contribution in [-0.2, 0) is 0 Å². The van der Waals surface area contributed by atoms with Crippen molar-refractivity contribution in [1.29, 1.82) is 0 Å². The number of nitrogen functional groups attached to an aromatic ring is 1. The molecular formula is C14H16F2N4. The number of nitrogens with one attached hydrogen (secondary N) is 1. The van der Waals surface area contributed by atoms with Gasteiger partial charge >= 0.3 is 0 Å². The Morgan fingerprint density at radius 2 is 2.05 bits per heavy atom. The zero-order valence-corrected chi connectivity index (χ0v) is 10.9. The maximum absolute atomic E-state index is 13.3. The molecule has 1 saturated carbocycles. The number of anilines is 1. The summed E-state index contributed by atoms with van der Waals surface area (Å²) in [5.41, 5.74) is 8.43. The molecule has 0 atom stereocenters. The molecule has 2 heterocycles. The van der Waals surface area contributed by atoms with Crippen molar-refractivity contribution in [1.82, 2.24) is 15.2 Å². The van der Waals surface area contributed by atoms with Gasteiger partial charge in [0.25, 0.3) is 0 Å². The van der Waals surface area contributed by atoms with Gasteiger partial charge in [-0.25, -0.2) is 8.78 Å². The first-order valence-corrected chi connectivity index (χ1v) is 6.69. The average molecular weight is 278 g/mol. The SMILES string of the molecule is Nc1n[nH]c(C2CCC(F)(F)CC2)c1-c1cccnc1. The van der Waals surface area contributed by atoms with Crippen LogP contribution in [-0.4, -0.2) is 21.1 Å². The third-order valence-electron chi connectivity index (χ3n) is 3.90. The second-order valence-corrected chi connectivity index (χ2v) is 5.27. The monoisotopic (exact) mass is 278 g/mol. The Morgan fingerprint density at radius 3 is 2.70 bits per heavy atom. The van der Waals surface area contributed by atoms with Crippen LogP contribution in [0.2, 0.25) is 0 Å². The molecule has 2 aromatic heterocycles. The molecular weight excluding hydrogens is 262 g/mol. The summed E-state index contributed by atoms with van der Waals surface area (Å²) in [6.07, 6.45) is 4.12. The normalized spacial score (nSPS) is 19.1. The molecule has 1 aliphatic carbocycles. The fraction of sp³-hybridized carbons (Fsp3) is 0.429. The highest BCUT2D eigenvalue weighted by Crippen LogP contribution is 2.43. The van der Waals surface area contributed by atoms with Crippen molar-refractivity contribution in [3.63, 3.8) is 0 Å². The standard InChI is InChI=1S/C14H16F2N4/c15-14(16)5-3-9(4-6-14)12-11(13(17)20-19-12)10-2-1-7-18-8-10/h1-2,7-9H,3-6H2,(H3,17,19,20). The number of hydrogen-bond donors (Lipinski definition) is 2. The fourth-order valence-corrected chi connectivity index (χ4v) is 2.81. The molecule has 0 bridgehead atoms. The van der Waals surface area contributed by atoms with Crippen molar-refractivity contribution >= 4 is 5.82 Å². The lowest BCUT2D eigenvalue weighted by molar-refractivity contribution is -0.0384. The van der Waals surface area contributed by atoms with Crippen LogP contribution in [0.25, 0.3) is 11.1 Å². The van der Waals surface area contributed by atoms with Gasteiger partial charge in [0.1, 0.15) is 0 Å². The van der Waals surface area contributed by atoms with Gasteiger partial charge in [0.2, 0.25) is 5.92 Å². The highest BCUT2D eigenvalue weighted by atomic mass is 19.3. The Kier molecular flexibility index (Phi) is 3.16. The van der Waals surface area contributed by atoms with Crippen LogP contribution in [0.1, 0.15) is 37.3 Å². The Hall–Kier alpha value is -1.98. The predicted octanol–water partition coefficient (Wildman–Crippen LogP) is 3.35. The third-order valence-corrected chi connectivity index (χ3v) is 3.90. The molecule has 1 fully saturated rings. The average Bonchev–Trinajstić information content (AvgIpc) is 2.82. The van der Waals surface area contributed by atoms with E-state index in [1.165, 1.54) is 0 Å². The number of alkyl halides is 2. The van der Waals surface area contributed by atoms with Gasteiger partial charge in [-0.2, -0.15) is 5.10 Å². The van der Waals surface area contributed by atoms with E-state index in [0.717, 1.165) is 16.8 Å². The predicted molar refractivity (Wildman–Crippen MR) is 72.4 cm³/mol. The molecule has 4 nitrogen and oxygen atoms in total. The molecule has 2 aromatic rings. The van der Waals surface area contributed by atoms with E-state index < -0.39 is 5.92 Å². The molecule has 0 aromatic carbocycles. The van der Waals surface area contributed by atoms with Gasteiger partial charge in [0, 0.05) is 48.0 Å². The van der Waals surface area contributed by atoms with Crippen LogP contribution >= 0.6 is 0 Å². The molecule has 0 aliphatic heterocycles. The van der Waals surface area contributed by atoms with Crippen LogP contribution in [0.3, 0.4) is 0 Å². The lowest BCUT2D eigenvalue weighted by Crippen LogP contribution is -2.24. The van der Waals surface area contributed by atoms with E-state index in [-0.39, 0.29) is 18.8 Å². The molecule has 106 valence electrons.